The van der Waals surface area contributed by atoms with E-state index >= 15 is 0 Å². The highest BCUT2D eigenvalue weighted by molar-refractivity contribution is 6.04. The molecule has 0 radical (unpaired) electrons. The summed E-state index contributed by atoms with van der Waals surface area (Å²) in [4.78, 5) is 16.1. The molecule has 0 fully saturated rings. The number of aromatic nitrogens is 1. The highest BCUT2D eigenvalue weighted by atomic mass is 16.5. The first kappa shape index (κ1) is 13.2. The number of fused-ring (bicyclic) bond motifs is 2. The van der Waals surface area contributed by atoms with Crippen molar-refractivity contribution in [3.05, 3.63) is 30.0 Å². The van der Waals surface area contributed by atoms with Gasteiger partial charge in [-0.3, -0.25) is 4.79 Å². The van der Waals surface area contributed by atoms with E-state index in [-0.39, 0.29) is 11.6 Å². The molecule has 108 valence electrons. The standard InChI is InChI=1S/C15H15N3O3/c1-3-9(19)8-7-17-15(16)14-12(8)18-13-10(20-2)5-4-6-11(13)21-14/h4-7,18H,3H2,1-2H3,(H2,16,17). The monoisotopic (exact) mass is 285 g/mol. The van der Waals surface area contributed by atoms with Crippen LogP contribution in [-0.2, 0) is 0 Å². The van der Waals surface area contributed by atoms with Gasteiger partial charge in [0.05, 0.1) is 18.4 Å². The normalized spacial score (nSPS) is 11.7. The number of rotatable bonds is 3. The number of anilines is 3. The fraction of sp³-hybridized carbons (Fsp3) is 0.200. The molecule has 0 saturated carbocycles. The second kappa shape index (κ2) is 4.97. The van der Waals surface area contributed by atoms with Crippen LogP contribution in [-0.4, -0.2) is 17.9 Å². The summed E-state index contributed by atoms with van der Waals surface area (Å²) in [7, 11) is 1.58. The second-order valence-corrected chi connectivity index (χ2v) is 4.60. The number of nitrogens with one attached hydrogen (secondary N) is 1. The molecule has 3 N–H and O–H groups in total. The molecule has 0 bridgehead atoms. The summed E-state index contributed by atoms with van der Waals surface area (Å²) in [5.74, 6) is 1.78. The minimum atomic E-state index is -0.0341. The van der Waals surface area contributed by atoms with Gasteiger partial charge in [-0.15, -0.1) is 0 Å². The molecule has 1 aliphatic rings. The number of Topliss-reactive ketones (excluding diaryl/α,β-unsaturated/α-hetero) is 1. The molecule has 6 heteroatoms. The Kier molecular flexibility index (Phi) is 3.13. The number of carbonyl (C=O) groups excluding carboxylic acids is 1. The topological polar surface area (TPSA) is 86.5 Å². The quantitative estimate of drug-likeness (QED) is 0.719. The number of nitrogens with zero attached hydrogens (tertiary/aromatic N) is 1. The first-order chi connectivity index (χ1) is 10.2. The van der Waals surface area contributed by atoms with Crippen LogP contribution < -0.4 is 20.5 Å². The van der Waals surface area contributed by atoms with Crippen molar-refractivity contribution in [2.75, 3.05) is 18.2 Å². The van der Waals surface area contributed by atoms with Crippen LogP contribution in [0.2, 0.25) is 0 Å². The van der Waals surface area contributed by atoms with Crippen molar-refractivity contribution in [3.63, 3.8) is 0 Å². The Bertz CT molecular complexity index is 728. The summed E-state index contributed by atoms with van der Waals surface area (Å²) >= 11 is 0. The van der Waals surface area contributed by atoms with Crippen LogP contribution in [0.3, 0.4) is 0 Å². The highest BCUT2D eigenvalue weighted by Crippen LogP contribution is 2.49. The van der Waals surface area contributed by atoms with E-state index in [1.165, 1.54) is 6.20 Å². The van der Waals surface area contributed by atoms with Gasteiger partial charge in [-0.1, -0.05) is 13.0 Å². The summed E-state index contributed by atoms with van der Waals surface area (Å²) in [5.41, 5.74) is 7.52. The van der Waals surface area contributed by atoms with Crippen molar-refractivity contribution in [1.29, 1.82) is 0 Å². The first-order valence-electron chi connectivity index (χ1n) is 6.59. The molecule has 3 rings (SSSR count). The van der Waals surface area contributed by atoms with E-state index < -0.39 is 0 Å². The minimum absolute atomic E-state index is 0.0341. The number of hydrogen-bond acceptors (Lipinski definition) is 6. The average Bonchev–Trinajstić information content (AvgIpc) is 2.52. The number of ketones is 1. The fourth-order valence-corrected chi connectivity index (χ4v) is 2.26. The van der Waals surface area contributed by atoms with Crippen molar-refractivity contribution in [1.82, 2.24) is 4.98 Å². The first-order valence-corrected chi connectivity index (χ1v) is 6.59. The lowest BCUT2D eigenvalue weighted by molar-refractivity contribution is 0.0988. The molecule has 2 aromatic rings. The van der Waals surface area contributed by atoms with Gasteiger partial charge in [0.25, 0.3) is 0 Å². The third-order valence-electron chi connectivity index (χ3n) is 3.35. The zero-order chi connectivity index (χ0) is 15.0. The van der Waals surface area contributed by atoms with Crippen LogP contribution in [0.5, 0.6) is 17.2 Å². The van der Waals surface area contributed by atoms with Crippen LogP contribution in [0.15, 0.2) is 24.4 Å². The van der Waals surface area contributed by atoms with E-state index in [4.69, 9.17) is 15.2 Å². The van der Waals surface area contributed by atoms with Crippen molar-refractivity contribution < 1.29 is 14.3 Å². The van der Waals surface area contributed by atoms with Gasteiger partial charge in [-0.05, 0) is 12.1 Å². The lowest BCUT2D eigenvalue weighted by atomic mass is 10.1. The fourth-order valence-electron chi connectivity index (χ4n) is 2.26. The van der Waals surface area contributed by atoms with Crippen molar-refractivity contribution >= 4 is 23.0 Å². The molecule has 0 spiro atoms. The predicted molar refractivity (Wildman–Crippen MR) is 79.6 cm³/mol. The Morgan fingerprint density at radius 3 is 2.95 bits per heavy atom. The lowest BCUT2D eigenvalue weighted by Crippen LogP contribution is -2.12. The molecule has 21 heavy (non-hydrogen) atoms. The molecule has 0 aliphatic carbocycles. The third kappa shape index (κ3) is 2.05. The van der Waals surface area contributed by atoms with Crippen LogP contribution in [0.1, 0.15) is 23.7 Å². The number of pyridine rings is 1. The summed E-state index contributed by atoms with van der Waals surface area (Å²) < 4.78 is 11.1. The number of benzene rings is 1. The van der Waals surface area contributed by atoms with E-state index in [1.807, 2.05) is 12.1 Å². The van der Waals surface area contributed by atoms with Gasteiger partial charge in [0, 0.05) is 12.6 Å². The molecule has 2 heterocycles. The molecule has 6 nitrogen and oxygen atoms in total. The molecular weight excluding hydrogens is 270 g/mol. The lowest BCUT2D eigenvalue weighted by Gasteiger charge is -2.25. The molecule has 1 aliphatic heterocycles. The number of ether oxygens (including phenoxy) is 2. The van der Waals surface area contributed by atoms with Gasteiger partial charge in [0.2, 0.25) is 0 Å². The van der Waals surface area contributed by atoms with Gasteiger partial charge in [-0.2, -0.15) is 0 Å². The maximum atomic E-state index is 12.1. The van der Waals surface area contributed by atoms with E-state index in [9.17, 15) is 4.79 Å². The summed E-state index contributed by atoms with van der Waals surface area (Å²) in [6, 6.07) is 5.42. The Morgan fingerprint density at radius 1 is 1.43 bits per heavy atom. The number of methoxy groups -OCH3 is 1. The minimum Gasteiger partial charge on any atom is -0.494 e. The second-order valence-electron chi connectivity index (χ2n) is 4.60. The molecule has 0 atom stereocenters. The Morgan fingerprint density at radius 2 is 2.24 bits per heavy atom. The smallest absolute Gasteiger partial charge is 0.193 e. The van der Waals surface area contributed by atoms with E-state index in [1.54, 1.807) is 20.1 Å². The van der Waals surface area contributed by atoms with Crippen molar-refractivity contribution in [3.8, 4) is 17.2 Å². The maximum absolute atomic E-state index is 12.1. The molecule has 1 aromatic heterocycles. The van der Waals surface area contributed by atoms with Crippen molar-refractivity contribution in [2.45, 2.75) is 13.3 Å². The third-order valence-corrected chi connectivity index (χ3v) is 3.35. The number of carbonyl (C=O) groups is 1. The molecular formula is C15H15N3O3. The van der Waals surface area contributed by atoms with Crippen LogP contribution in [0.4, 0.5) is 17.2 Å². The van der Waals surface area contributed by atoms with E-state index in [2.05, 4.69) is 10.3 Å². The van der Waals surface area contributed by atoms with Crippen LogP contribution >= 0.6 is 0 Å². The van der Waals surface area contributed by atoms with Gasteiger partial charge in [-0.25, -0.2) is 4.98 Å². The molecule has 0 amide bonds. The van der Waals surface area contributed by atoms with Crippen molar-refractivity contribution in [2.24, 2.45) is 0 Å². The highest BCUT2D eigenvalue weighted by Gasteiger charge is 2.26. The van der Waals surface area contributed by atoms with E-state index in [0.29, 0.717) is 40.6 Å². The van der Waals surface area contributed by atoms with Gasteiger partial charge < -0.3 is 20.5 Å². The molecule has 0 saturated heterocycles. The number of para-hydroxylation sites is 1. The Balaban J connectivity index is 2.17. The van der Waals surface area contributed by atoms with E-state index in [0.717, 1.165) is 0 Å². The molecule has 1 aromatic carbocycles. The largest absolute Gasteiger partial charge is 0.494 e. The number of nitrogen functional groups attached to an aromatic ring is 1. The van der Waals surface area contributed by atoms with Crippen LogP contribution in [0, 0.1) is 0 Å². The zero-order valence-corrected chi connectivity index (χ0v) is 11.8. The Labute approximate surface area is 121 Å². The zero-order valence-electron chi connectivity index (χ0n) is 11.8. The van der Waals surface area contributed by atoms with Gasteiger partial charge >= 0.3 is 0 Å². The summed E-state index contributed by atoms with van der Waals surface area (Å²) in [5, 5.41) is 3.19. The van der Waals surface area contributed by atoms with Gasteiger partial charge in [0.15, 0.2) is 23.1 Å². The summed E-state index contributed by atoms with van der Waals surface area (Å²) in [6.45, 7) is 1.79. The predicted octanol–water partition coefficient (Wildman–Crippen LogP) is 3.11. The average molecular weight is 285 g/mol. The Hall–Kier alpha value is -2.76. The number of nitrogens with two attached hydrogens (primary N) is 1. The SMILES string of the molecule is CCC(=O)c1cnc(N)c2c1Nc1c(OC)cccc1O2. The number of hydrogen-bond donors (Lipinski definition) is 2. The summed E-state index contributed by atoms with van der Waals surface area (Å²) in [6.07, 6.45) is 1.84. The van der Waals surface area contributed by atoms with Crippen LogP contribution in [0.25, 0.3) is 0 Å². The van der Waals surface area contributed by atoms with Gasteiger partial charge in [0.1, 0.15) is 11.4 Å². The molecule has 0 unspecified atom stereocenters. The maximum Gasteiger partial charge on any atom is 0.193 e.